The van der Waals surface area contributed by atoms with Gasteiger partial charge in [-0.2, -0.15) is 4.98 Å². The van der Waals surface area contributed by atoms with Crippen LogP contribution in [0.2, 0.25) is 0 Å². The van der Waals surface area contributed by atoms with Crippen molar-refractivity contribution in [2.75, 3.05) is 5.32 Å². The number of fused-ring (bicyclic) bond motifs is 1. The number of hydrogen-bond acceptors (Lipinski definition) is 5. The Morgan fingerprint density at radius 3 is 2.70 bits per heavy atom. The zero-order valence-electron chi connectivity index (χ0n) is 17.3. The third-order valence-electron chi connectivity index (χ3n) is 5.79. The lowest BCUT2D eigenvalue weighted by atomic mass is 9.73. The summed E-state index contributed by atoms with van der Waals surface area (Å²) in [5, 5.41) is 18.3. The van der Waals surface area contributed by atoms with Crippen LogP contribution < -0.4 is 5.32 Å². The second-order valence-corrected chi connectivity index (χ2v) is 9.03. The number of nitrogens with zero attached hydrogens (tertiary/aromatic N) is 3. The average Bonchev–Trinajstić information content (AvgIpc) is 3.09. The van der Waals surface area contributed by atoms with Gasteiger partial charge in [0.15, 0.2) is 11.6 Å². The summed E-state index contributed by atoms with van der Waals surface area (Å²) in [6.45, 7) is 6.25. The van der Waals surface area contributed by atoms with Crippen LogP contribution >= 0.6 is 0 Å². The molecular weight excluding hydrogens is 376 g/mol. The van der Waals surface area contributed by atoms with Crippen molar-refractivity contribution < 1.29 is 9.90 Å². The number of hydrogen-bond donors (Lipinski definition) is 2. The first-order valence-corrected chi connectivity index (χ1v) is 10.2. The third kappa shape index (κ3) is 3.09. The van der Waals surface area contributed by atoms with E-state index in [0.717, 1.165) is 28.8 Å². The van der Waals surface area contributed by atoms with E-state index in [2.05, 4.69) is 19.2 Å². The van der Waals surface area contributed by atoms with Gasteiger partial charge in [0.1, 0.15) is 11.8 Å². The number of allylic oxidation sites excluding steroid dienone is 2. The molecule has 1 aliphatic carbocycles. The Balaban J connectivity index is 1.69. The molecule has 2 aliphatic rings. The van der Waals surface area contributed by atoms with Crippen molar-refractivity contribution in [2.24, 2.45) is 5.41 Å². The van der Waals surface area contributed by atoms with Gasteiger partial charge in [0.05, 0.1) is 0 Å². The Labute approximate surface area is 175 Å². The fraction of sp³-hybridized carbons (Fsp3) is 0.292. The van der Waals surface area contributed by atoms with Crippen molar-refractivity contribution in [1.82, 2.24) is 14.8 Å². The summed E-state index contributed by atoms with van der Waals surface area (Å²) in [6, 6.07) is 14.7. The van der Waals surface area contributed by atoms with Crippen molar-refractivity contribution in [2.45, 2.75) is 39.7 Å². The first-order chi connectivity index (χ1) is 14.3. The number of carbonyl (C=O) groups excluding carboxylic acids is 1. The Bertz CT molecular complexity index is 1210. The molecule has 2 heterocycles. The van der Waals surface area contributed by atoms with Gasteiger partial charge < -0.3 is 10.4 Å². The number of carbonyl (C=O) groups is 1. The van der Waals surface area contributed by atoms with Gasteiger partial charge in [-0.15, -0.1) is 5.10 Å². The number of phenols is 1. The molecule has 5 rings (SSSR count). The van der Waals surface area contributed by atoms with Gasteiger partial charge in [0, 0.05) is 23.3 Å². The summed E-state index contributed by atoms with van der Waals surface area (Å²) < 4.78 is 1.78. The Morgan fingerprint density at radius 1 is 1.13 bits per heavy atom. The molecule has 0 bridgehead atoms. The number of Topliss-reactive ketones (excluding diaryl/α,β-unsaturated/α-hetero) is 1. The smallest absolute Gasteiger partial charge is 0.226 e. The summed E-state index contributed by atoms with van der Waals surface area (Å²) in [4.78, 5) is 18.0. The van der Waals surface area contributed by atoms with Crippen LogP contribution in [0.15, 0.2) is 59.8 Å². The van der Waals surface area contributed by atoms with E-state index in [1.54, 1.807) is 22.9 Å². The summed E-state index contributed by atoms with van der Waals surface area (Å²) in [5.41, 5.74) is 4.38. The molecule has 6 nitrogen and oxygen atoms in total. The van der Waals surface area contributed by atoms with E-state index in [4.69, 9.17) is 10.1 Å². The molecular formula is C24H24N4O2. The van der Waals surface area contributed by atoms with Gasteiger partial charge in [-0.1, -0.05) is 49.7 Å². The van der Waals surface area contributed by atoms with Gasteiger partial charge in [-0.3, -0.25) is 4.79 Å². The number of aromatic hydroxyl groups is 1. The summed E-state index contributed by atoms with van der Waals surface area (Å²) in [5.74, 6) is 1.50. The molecule has 0 fully saturated rings. The van der Waals surface area contributed by atoms with Gasteiger partial charge in [-0.25, -0.2) is 4.68 Å². The lowest BCUT2D eigenvalue weighted by Gasteiger charge is -2.38. The van der Waals surface area contributed by atoms with Gasteiger partial charge in [0.25, 0.3) is 0 Å². The highest BCUT2D eigenvalue weighted by Gasteiger charge is 2.42. The number of aryl methyl sites for hydroxylation is 1. The van der Waals surface area contributed by atoms with Crippen LogP contribution in [0.25, 0.3) is 11.4 Å². The average molecular weight is 400 g/mol. The maximum absolute atomic E-state index is 13.2. The molecule has 6 heteroatoms. The maximum atomic E-state index is 13.2. The van der Waals surface area contributed by atoms with E-state index in [-0.39, 0.29) is 16.9 Å². The van der Waals surface area contributed by atoms with Crippen LogP contribution in [-0.2, 0) is 4.79 Å². The highest BCUT2D eigenvalue weighted by Crippen LogP contribution is 2.46. The second-order valence-electron chi connectivity index (χ2n) is 9.03. The Kier molecular flexibility index (Phi) is 4.07. The second kappa shape index (κ2) is 6.55. The maximum Gasteiger partial charge on any atom is 0.226 e. The number of anilines is 1. The van der Waals surface area contributed by atoms with Crippen molar-refractivity contribution >= 4 is 11.7 Å². The number of benzene rings is 2. The molecule has 1 atom stereocenters. The number of phenolic OH excluding ortho intramolecular Hbond substituents is 1. The standard InChI is InChI=1S/C24H24N4O2/c1-14-6-4-8-16(10-14)22-26-23-25-18-12-24(2,3)13-19(30)20(18)21(28(23)27-22)15-7-5-9-17(29)11-15/h4-11,21,29H,12-13H2,1-3H3,(H,25,26,27). The summed E-state index contributed by atoms with van der Waals surface area (Å²) in [6.07, 6.45) is 1.24. The third-order valence-corrected chi connectivity index (χ3v) is 5.79. The first kappa shape index (κ1) is 18.6. The van der Waals surface area contributed by atoms with Crippen molar-refractivity contribution in [3.8, 4) is 17.1 Å². The van der Waals surface area contributed by atoms with Crippen LogP contribution in [-0.4, -0.2) is 25.7 Å². The molecule has 0 radical (unpaired) electrons. The number of aromatic nitrogens is 3. The van der Waals surface area contributed by atoms with Gasteiger partial charge in [0.2, 0.25) is 5.95 Å². The quantitative estimate of drug-likeness (QED) is 0.656. The minimum Gasteiger partial charge on any atom is -0.508 e. The lowest BCUT2D eigenvalue weighted by molar-refractivity contribution is -0.118. The fourth-order valence-corrected chi connectivity index (χ4v) is 4.52. The highest BCUT2D eigenvalue weighted by atomic mass is 16.3. The number of ketones is 1. The van der Waals surface area contributed by atoms with Crippen LogP contribution in [0.1, 0.15) is 43.9 Å². The Hall–Kier alpha value is -3.41. The van der Waals surface area contributed by atoms with E-state index >= 15 is 0 Å². The van der Waals surface area contributed by atoms with E-state index in [9.17, 15) is 9.90 Å². The van der Waals surface area contributed by atoms with E-state index in [1.807, 2.05) is 37.3 Å². The fourth-order valence-electron chi connectivity index (χ4n) is 4.52. The van der Waals surface area contributed by atoms with Crippen molar-refractivity contribution in [1.29, 1.82) is 0 Å². The van der Waals surface area contributed by atoms with Crippen LogP contribution in [0.4, 0.5) is 5.95 Å². The molecule has 0 amide bonds. The van der Waals surface area contributed by atoms with E-state index < -0.39 is 6.04 Å². The van der Waals surface area contributed by atoms with Gasteiger partial charge >= 0.3 is 0 Å². The Morgan fingerprint density at radius 2 is 1.93 bits per heavy atom. The molecule has 30 heavy (non-hydrogen) atoms. The molecule has 152 valence electrons. The van der Waals surface area contributed by atoms with Crippen molar-refractivity contribution in [3.63, 3.8) is 0 Å². The lowest BCUT2D eigenvalue weighted by Crippen LogP contribution is -2.36. The largest absolute Gasteiger partial charge is 0.508 e. The SMILES string of the molecule is Cc1cccc(-c2nc3n(n2)C(c2cccc(O)c2)C2=C(CC(C)(C)CC2=O)N3)c1. The monoisotopic (exact) mass is 400 g/mol. The normalized spacial score (nSPS) is 19.8. The predicted octanol–water partition coefficient (Wildman–Crippen LogP) is 4.62. The predicted molar refractivity (Wildman–Crippen MR) is 115 cm³/mol. The molecule has 2 N–H and O–H groups in total. The van der Waals surface area contributed by atoms with E-state index in [1.165, 1.54) is 0 Å². The summed E-state index contributed by atoms with van der Waals surface area (Å²) >= 11 is 0. The summed E-state index contributed by atoms with van der Waals surface area (Å²) in [7, 11) is 0. The number of rotatable bonds is 2. The highest BCUT2D eigenvalue weighted by molar-refractivity contribution is 6.00. The molecule has 0 saturated heterocycles. The van der Waals surface area contributed by atoms with Gasteiger partial charge in [-0.05, 0) is 42.5 Å². The molecule has 2 aromatic carbocycles. The van der Waals surface area contributed by atoms with Crippen LogP contribution in [0, 0.1) is 12.3 Å². The molecule has 3 aromatic rings. The number of nitrogens with one attached hydrogen (secondary N) is 1. The van der Waals surface area contributed by atoms with Crippen LogP contribution in [0.5, 0.6) is 5.75 Å². The minimum absolute atomic E-state index is 0.111. The van der Waals surface area contributed by atoms with E-state index in [0.29, 0.717) is 23.8 Å². The molecule has 0 spiro atoms. The minimum atomic E-state index is -0.419. The zero-order chi connectivity index (χ0) is 21.0. The topological polar surface area (TPSA) is 80.0 Å². The molecule has 1 aliphatic heterocycles. The molecule has 1 unspecified atom stereocenters. The van der Waals surface area contributed by atoms with Crippen LogP contribution in [0.3, 0.4) is 0 Å². The molecule has 1 aromatic heterocycles. The zero-order valence-corrected chi connectivity index (χ0v) is 17.3. The molecule has 0 saturated carbocycles. The first-order valence-electron chi connectivity index (χ1n) is 10.2. The van der Waals surface area contributed by atoms with Crippen molar-refractivity contribution in [3.05, 3.63) is 70.9 Å².